The summed E-state index contributed by atoms with van der Waals surface area (Å²) < 4.78 is 41.6. The van der Waals surface area contributed by atoms with Gasteiger partial charge in [-0.15, -0.1) is 6.58 Å². The number of nitrogens with one attached hydrogen (secondary N) is 3. The average Bonchev–Trinajstić information content (AvgIpc) is 4.13. The molecule has 4 fully saturated rings. The molecule has 2 aliphatic carbocycles. The van der Waals surface area contributed by atoms with Crippen LogP contribution in [0.4, 0.5) is 4.39 Å². The van der Waals surface area contributed by atoms with Crippen molar-refractivity contribution in [3.05, 3.63) is 78.9 Å². The van der Waals surface area contributed by atoms with Gasteiger partial charge in [-0.1, -0.05) is 75.4 Å². The quantitative estimate of drug-likeness (QED) is 0.227. The standard InChI is InChI=1S/C43H51FN6O7S/c1-5-27-24-43(27,41(55)48-58(56,57)30-15-16-30)47-39(53)36-21-29(25-50(36)40(54)33(42(2,3)4)23-37(51)49-19-17-28(44)18-20-49)45-38(52)32-22-35(26-11-7-6-8-12-26)46-34-14-10-9-13-31(32)34/h5-14,22,27-30,33,36H,1,15-21,23-25H2,2-4H3,(H,45,52)(H,47,53)(H,48,55)/t27?,29-,33-,36+,43-/m1/s1. The number of carbonyl (C=O) groups is 5. The van der Waals surface area contributed by atoms with Crippen LogP contribution in [-0.2, 0) is 29.2 Å². The second-order valence-corrected chi connectivity index (χ2v) is 19.2. The SMILES string of the molecule is C=CC1C[C@]1(NC(=O)[C@@H]1C[C@@H](NC(=O)c2cc(-c3ccccc3)nc3ccccc23)CN1C(=O)[C@@H](CC(=O)N1CCC(F)CC1)C(C)(C)C)C(=O)NS(=O)(=O)C1CC1. The number of nitrogens with zero attached hydrogens (tertiary/aromatic N) is 3. The lowest BCUT2D eigenvalue weighted by Crippen LogP contribution is -2.57. The monoisotopic (exact) mass is 814 g/mol. The summed E-state index contributed by atoms with van der Waals surface area (Å²) in [5.74, 6) is -4.23. The Bertz CT molecular complexity index is 2240. The van der Waals surface area contributed by atoms with Crippen LogP contribution in [0.2, 0.25) is 0 Å². The number of carbonyl (C=O) groups excluding carboxylic acids is 5. The van der Waals surface area contributed by atoms with Gasteiger partial charge in [-0.25, -0.2) is 17.8 Å². The predicted octanol–water partition coefficient (Wildman–Crippen LogP) is 4.28. The van der Waals surface area contributed by atoms with E-state index in [-0.39, 0.29) is 57.6 Å². The van der Waals surface area contributed by atoms with Gasteiger partial charge in [0.05, 0.1) is 27.9 Å². The third-order valence-corrected chi connectivity index (χ3v) is 13.8. The molecule has 308 valence electrons. The Kier molecular flexibility index (Phi) is 11.2. The molecule has 4 aliphatic rings. The van der Waals surface area contributed by atoms with Crippen LogP contribution in [0.1, 0.15) is 76.1 Å². The van der Waals surface area contributed by atoms with E-state index in [1.54, 1.807) is 17.0 Å². The number of fused-ring (bicyclic) bond motifs is 1. The maximum atomic E-state index is 14.8. The molecule has 5 amide bonds. The van der Waals surface area contributed by atoms with Crippen molar-refractivity contribution >= 4 is 50.5 Å². The van der Waals surface area contributed by atoms with Crippen molar-refractivity contribution in [1.82, 2.24) is 30.1 Å². The van der Waals surface area contributed by atoms with Crippen LogP contribution in [0.3, 0.4) is 0 Å². The first-order valence-corrected chi connectivity index (χ1v) is 21.5. The first-order chi connectivity index (χ1) is 27.5. The molecule has 15 heteroatoms. The minimum absolute atomic E-state index is 0.0243. The van der Waals surface area contributed by atoms with Crippen LogP contribution in [0.25, 0.3) is 22.2 Å². The van der Waals surface area contributed by atoms with Crippen molar-refractivity contribution in [3.63, 3.8) is 0 Å². The lowest BCUT2D eigenvalue weighted by Gasteiger charge is -2.37. The van der Waals surface area contributed by atoms with E-state index in [1.807, 2.05) is 69.3 Å². The number of pyridine rings is 1. The summed E-state index contributed by atoms with van der Waals surface area (Å²) in [4.78, 5) is 78.4. The second kappa shape index (κ2) is 15.9. The molecule has 1 aromatic heterocycles. The summed E-state index contributed by atoms with van der Waals surface area (Å²) >= 11 is 0. The van der Waals surface area contributed by atoms with Crippen LogP contribution in [0, 0.1) is 17.3 Å². The predicted molar refractivity (Wildman–Crippen MR) is 216 cm³/mol. The van der Waals surface area contributed by atoms with Gasteiger partial charge in [0, 0.05) is 49.0 Å². The van der Waals surface area contributed by atoms with Crippen molar-refractivity contribution in [3.8, 4) is 11.3 Å². The smallest absolute Gasteiger partial charge is 0.259 e. The summed E-state index contributed by atoms with van der Waals surface area (Å²) in [6, 6.07) is 16.5. The zero-order valence-electron chi connectivity index (χ0n) is 33.1. The lowest BCUT2D eigenvalue weighted by atomic mass is 9.77. The molecule has 2 saturated carbocycles. The molecular weight excluding hydrogens is 764 g/mol. The van der Waals surface area contributed by atoms with Gasteiger partial charge in [-0.2, -0.15) is 0 Å². The molecule has 2 aliphatic heterocycles. The van der Waals surface area contributed by atoms with Gasteiger partial charge in [-0.05, 0) is 56.1 Å². The van der Waals surface area contributed by atoms with Crippen molar-refractivity contribution in [2.24, 2.45) is 17.3 Å². The van der Waals surface area contributed by atoms with E-state index in [9.17, 15) is 36.8 Å². The maximum absolute atomic E-state index is 14.8. The number of likely N-dealkylation sites (tertiary alicyclic amines) is 2. The number of rotatable bonds is 12. The van der Waals surface area contributed by atoms with Crippen molar-refractivity contribution in [1.29, 1.82) is 0 Å². The first-order valence-electron chi connectivity index (χ1n) is 20.0. The summed E-state index contributed by atoms with van der Waals surface area (Å²) in [6.07, 6.45) is 1.74. The average molecular weight is 815 g/mol. The van der Waals surface area contributed by atoms with Crippen LogP contribution < -0.4 is 15.4 Å². The number of hydrogen-bond acceptors (Lipinski definition) is 8. The van der Waals surface area contributed by atoms with Gasteiger partial charge in [0.15, 0.2) is 0 Å². The fourth-order valence-corrected chi connectivity index (χ4v) is 9.56. The van der Waals surface area contributed by atoms with Crippen LogP contribution in [0.5, 0.6) is 0 Å². The van der Waals surface area contributed by atoms with Crippen molar-refractivity contribution < 1.29 is 36.8 Å². The molecule has 13 nitrogen and oxygen atoms in total. The summed E-state index contributed by atoms with van der Waals surface area (Å²) in [7, 11) is -3.94. The Morgan fingerprint density at radius 1 is 1.00 bits per heavy atom. The number of aromatic nitrogens is 1. The van der Waals surface area contributed by atoms with Gasteiger partial charge in [0.25, 0.3) is 11.8 Å². The number of benzene rings is 2. The van der Waals surface area contributed by atoms with Gasteiger partial charge < -0.3 is 20.4 Å². The molecule has 0 radical (unpaired) electrons. The Balaban J connectivity index is 1.18. The third kappa shape index (κ3) is 8.50. The van der Waals surface area contributed by atoms with E-state index in [0.29, 0.717) is 35.0 Å². The first kappa shape index (κ1) is 41.0. The van der Waals surface area contributed by atoms with E-state index in [2.05, 4.69) is 21.9 Å². The fraction of sp³-hybridized carbons (Fsp3) is 0.488. The number of sulfonamides is 1. The minimum Gasteiger partial charge on any atom is -0.347 e. The van der Waals surface area contributed by atoms with Crippen LogP contribution in [-0.4, -0.2) is 101 Å². The molecule has 0 spiro atoms. The maximum Gasteiger partial charge on any atom is 0.259 e. The fourth-order valence-electron chi connectivity index (χ4n) is 8.20. The molecule has 3 heterocycles. The molecule has 5 atom stereocenters. The van der Waals surface area contributed by atoms with Crippen LogP contribution in [0.15, 0.2) is 73.3 Å². The van der Waals surface area contributed by atoms with Gasteiger partial charge >= 0.3 is 0 Å². The third-order valence-electron chi connectivity index (χ3n) is 12.0. The zero-order chi connectivity index (χ0) is 41.6. The largest absolute Gasteiger partial charge is 0.347 e. The normalized spacial score (nSPS) is 24.2. The zero-order valence-corrected chi connectivity index (χ0v) is 33.9. The number of hydrogen-bond donors (Lipinski definition) is 3. The van der Waals surface area contributed by atoms with Crippen LogP contribution >= 0.6 is 0 Å². The highest BCUT2D eigenvalue weighted by Gasteiger charge is 2.62. The lowest BCUT2D eigenvalue weighted by molar-refractivity contribution is -0.149. The minimum atomic E-state index is -3.94. The topological polar surface area (TPSA) is 175 Å². The Hall–Kier alpha value is -5.18. The number of amides is 5. The Morgan fingerprint density at radius 3 is 2.31 bits per heavy atom. The summed E-state index contributed by atoms with van der Waals surface area (Å²) in [6.45, 7) is 9.69. The molecular formula is C43H51FN6O7S. The van der Waals surface area contributed by atoms with E-state index in [4.69, 9.17) is 4.98 Å². The number of para-hydroxylation sites is 1. The van der Waals surface area contributed by atoms with E-state index >= 15 is 0 Å². The van der Waals surface area contributed by atoms with Crippen molar-refractivity contribution in [2.75, 3.05) is 19.6 Å². The highest BCUT2D eigenvalue weighted by atomic mass is 32.2. The number of halogens is 1. The molecule has 3 aromatic rings. The van der Waals surface area contributed by atoms with Gasteiger partial charge in [-0.3, -0.25) is 28.7 Å². The molecule has 58 heavy (non-hydrogen) atoms. The molecule has 7 rings (SSSR count). The molecule has 3 N–H and O–H groups in total. The molecule has 2 aromatic carbocycles. The van der Waals surface area contributed by atoms with E-state index in [1.165, 1.54) is 11.0 Å². The van der Waals surface area contributed by atoms with Crippen molar-refractivity contribution in [2.45, 2.75) is 94.8 Å². The Labute approximate surface area is 338 Å². The molecule has 2 saturated heterocycles. The van der Waals surface area contributed by atoms with Gasteiger partial charge in [0.2, 0.25) is 27.7 Å². The van der Waals surface area contributed by atoms with E-state index < -0.39 is 79.9 Å². The number of piperidine rings is 1. The molecule has 1 unspecified atom stereocenters. The highest BCUT2D eigenvalue weighted by molar-refractivity contribution is 7.91. The van der Waals surface area contributed by atoms with E-state index in [0.717, 1.165) is 5.56 Å². The number of alkyl halides is 1. The van der Waals surface area contributed by atoms with Gasteiger partial charge in [0.1, 0.15) is 17.8 Å². The summed E-state index contributed by atoms with van der Waals surface area (Å²) in [5.41, 5.74) is 0.0186. The second-order valence-electron chi connectivity index (χ2n) is 17.2. The Morgan fingerprint density at radius 2 is 1.67 bits per heavy atom. The highest BCUT2D eigenvalue weighted by Crippen LogP contribution is 2.46. The summed E-state index contributed by atoms with van der Waals surface area (Å²) in [5, 5.41) is 5.79. The molecule has 0 bridgehead atoms.